The number of amides is 1. The average Bonchev–Trinajstić information content (AvgIpc) is 2.54. The van der Waals surface area contributed by atoms with Crippen LogP contribution in [0, 0.1) is 11.3 Å². The van der Waals surface area contributed by atoms with E-state index in [1.807, 2.05) is 19.9 Å². The molecule has 1 unspecified atom stereocenters. The molecule has 1 rings (SSSR count). The van der Waals surface area contributed by atoms with Crippen molar-refractivity contribution in [1.82, 2.24) is 5.32 Å². The molecule has 0 aromatic heterocycles. The third-order valence-corrected chi connectivity index (χ3v) is 3.07. The van der Waals surface area contributed by atoms with Gasteiger partial charge in [0.2, 0.25) is 0 Å². The van der Waals surface area contributed by atoms with Gasteiger partial charge in [0.25, 0.3) is 5.91 Å². The number of ether oxygens (including phenoxy) is 1. The Morgan fingerprint density at radius 3 is 2.68 bits per heavy atom. The Labute approximate surface area is 129 Å². The van der Waals surface area contributed by atoms with Gasteiger partial charge in [0.1, 0.15) is 11.6 Å². The number of nitrogens with zero attached hydrogens (tertiary/aromatic N) is 1. The highest BCUT2D eigenvalue weighted by Crippen LogP contribution is 2.16. The zero-order valence-electron chi connectivity index (χ0n) is 12.8. The number of carbonyl (C=O) groups excluding carboxylic acids is 2. The Bertz CT molecular complexity index is 617. The van der Waals surface area contributed by atoms with E-state index >= 15 is 0 Å². The van der Waals surface area contributed by atoms with E-state index in [4.69, 9.17) is 5.26 Å². The fraction of sp³-hybridized carbons (Fsp3) is 0.312. The summed E-state index contributed by atoms with van der Waals surface area (Å²) in [6.07, 6.45) is 2.24. The molecule has 0 bridgehead atoms. The third kappa shape index (κ3) is 4.63. The number of hydrogen-bond acceptors (Lipinski definition) is 5. The van der Waals surface area contributed by atoms with E-state index in [1.54, 1.807) is 18.2 Å². The number of nitrogens with one attached hydrogen (secondary N) is 2. The summed E-state index contributed by atoms with van der Waals surface area (Å²) >= 11 is 0. The molecule has 0 aliphatic rings. The monoisotopic (exact) mass is 301 g/mol. The quantitative estimate of drug-likeness (QED) is 0.477. The van der Waals surface area contributed by atoms with Crippen LogP contribution in [0.15, 0.2) is 36.0 Å². The molecule has 22 heavy (non-hydrogen) atoms. The van der Waals surface area contributed by atoms with Gasteiger partial charge in [0.05, 0.1) is 18.4 Å². The first-order valence-electron chi connectivity index (χ1n) is 6.88. The van der Waals surface area contributed by atoms with E-state index in [1.165, 1.54) is 19.4 Å². The number of para-hydroxylation sites is 1. The number of esters is 1. The number of benzene rings is 1. The Morgan fingerprint density at radius 1 is 1.41 bits per heavy atom. The third-order valence-electron chi connectivity index (χ3n) is 3.07. The fourth-order valence-corrected chi connectivity index (χ4v) is 1.56. The highest BCUT2D eigenvalue weighted by molar-refractivity contribution is 6.09. The topological polar surface area (TPSA) is 91.2 Å². The molecule has 6 nitrogen and oxygen atoms in total. The number of nitriles is 1. The lowest BCUT2D eigenvalue weighted by Gasteiger charge is -2.11. The second kappa shape index (κ2) is 8.47. The summed E-state index contributed by atoms with van der Waals surface area (Å²) in [5.41, 5.74) is 0.453. The van der Waals surface area contributed by atoms with Gasteiger partial charge in [-0.1, -0.05) is 19.1 Å². The molecule has 0 aliphatic heterocycles. The lowest BCUT2D eigenvalue weighted by atomic mass is 10.1. The van der Waals surface area contributed by atoms with Crippen LogP contribution in [0.1, 0.15) is 30.6 Å². The van der Waals surface area contributed by atoms with Crippen molar-refractivity contribution in [1.29, 1.82) is 5.26 Å². The lowest BCUT2D eigenvalue weighted by molar-refractivity contribution is -0.112. The van der Waals surface area contributed by atoms with Crippen molar-refractivity contribution in [2.24, 2.45) is 0 Å². The Morgan fingerprint density at radius 2 is 2.09 bits per heavy atom. The largest absolute Gasteiger partial charge is 0.465 e. The number of hydrogen-bond donors (Lipinski definition) is 2. The van der Waals surface area contributed by atoms with Crippen LogP contribution in [0.3, 0.4) is 0 Å². The normalized spacial score (nSPS) is 12.0. The van der Waals surface area contributed by atoms with Crippen molar-refractivity contribution in [3.05, 3.63) is 41.6 Å². The van der Waals surface area contributed by atoms with E-state index in [-0.39, 0.29) is 17.2 Å². The van der Waals surface area contributed by atoms with E-state index < -0.39 is 11.9 Å². The molecule has 116 valence electrons. The molecule has 0 heterocycles. The molecule has 6 heteroatoms. The van der Waals surface area contributed by atoms with Crippen LogP contribution in [0.25, 0.3) is 0 Å². The summed E-state index contributed by atoms with van der Waals surface area (Å²) in [5, 5.41) is 14.6. The summed E-state index contributed by atoms with van der Waals surface area (Å²) in [4.78, 5) is 23.8. The molecule has 1 atom stereocenters. The van der Waals surface area contributed by atoms with Gasteiger partial charge < -0.3 is 15.4 Å². The molecule has 0 aliphatic carbocycles. The minimum Gasteiger partial charge on any atom is -0.465 e. The van der Waals surface area contributed by atoms with Crippen molar-refractivity contribution >= 4 is 17.6 Å². The highest BCUT2D eigenvalue weighted by atomic mass is 16.5. The zero-order chi connectivity index (χ0) is 16.5. The first-order chi connectivity index (χ1) is 10.5. The van der Waals surface area contributed by atoms with E-state index in [0.29, 0.717) is 5.69 Å². The van der Waals surface area contributed by atoms with Crippen molar-refractivity contribution in [2.45, 2.75) is 26.3 Å². The lowest BCUT2D eigenvalue weighted by Crippen LogP contribution is -2.23. The SMILES string of the molecule is CCC(C)N/C=C(/C#N)C(=O)Nc1ccccc1C(=O)OC. The minimum atomic E-state index is -0.588. The Hall–Kier alpha value is -2.81. The molecular weight excluding hydrogens is 282 g/mol. The van der Waals surface area contributed by atoms with Gasteiger partial charge in [-0.15, -0.1) is 0 Å². The Kier molecular flexibility index (Phi) is 6.64. The predicted octanol–water partition coefficient (Wildman–Crippen LogP) is 2.21. The van der Waals surface area contributed by atoms with Crippen LogP contribution in [-0.2, 0) is 9.53 Å². The number of methoxy groups -OCH3 is 1. The summed E-state index contributed by atoms with van der Waals surface area (Å²) in [5.74, 6) is -1.15. The van der Waals surface area contributed by atoms with Crippen LogP contribution in [0.4, 0.5) is 5.69 Å². The van der Waals surface area contributed by atoms with Crippen LogP contribution in [0.2, 0.25) is 0 Å². The van der Waals surface area contributed by atoms with Crippen molar-refractivity contribution in [2.75, 3.05) is 12.4 Å². The standard InChI is InChI=1S/C16H19N3O3/c1-4-11(2)18-10-12(9-17)15(20)19-14-8-6-5-7-13(14)16(21)22-3/h5-8,10-11,18H,4H2,1-3H3,(H,19,20)/b12-10-. The molecule has 2 N–H and O–H groups in total. The maximum atomic E-state index is 12.1. The molecular formula is C16H19N3O3. The van der Waals surface area contributed by atoms with E-state index in [2.05, 4.69) is 15.4 Å². The van der Waals surface area contributed by atoms with Crippen LogP contribution in [0.5, 0.6) is 0 Å². The molecule has 0 radical (unpaired) electrons. The summed E-state index contributed by atoms with van der Waals surface area (Å²) in [7, 11) is 1.26. The number of rotatable bonds is 6. The van der Waals surface area contributed by atoms with Gasteiger partial charge in [0, 0.05) is 12.2 Å². The molecule has 1 aromatic carbocycles. The van der Waals surface area contributed by atoms with Gasteiger partial charge >= 0.3 is 5.97 Å². The van der Waals surface area contributed by atoms with Crippen LogP contribution < -0.4 is 10.6 Å². The molecule has 0 spiro atoms. The first-order valence-corrected chi connectivity index (χ1v) is 6.88. The molecule has 1 amide bonds. The van der Waals surface area contributed by atoms with E-state index in [9.17, 15) is 9.59 Å². The van der Waals surface area contributed by atoms with Crippen molar-refractivity contribution in [3.63, 3.8) is 0 Å². The fourth-order valence-electron chi connectivity index (χ4n) is 1.56. The Balaban J connectivity index is 2.92. The maximum Gasteiger partial charge on any atom is 0.339 e. The number of carbonyl (C=O) groups is 2. The first kappa shape index (κ1) is 17.2. The van der Waals surface area contributed by atoms with E-state index in [0.717, 1.165) is 6.42 Å². The van der Waals surface area contributed by atoms with Gasteiger partial charge in [0.15, 0.2) is 0 Å². The average molecular weight is 301 g/mol. The maximum absolute atomic E-state index is 12.1. The molecule has 0 fully saturated rings. The second-order valence-electron chi connectivity index (χ2n) is 4.64. The van der Waals surface area contributed by atoms with Gasteiger partial charge in [-0.3, -0.25) is 4.79 Å². The smallest absolute Gasteiger partial charge is 0.339 e. The predicted molar refractivity (Wildman–Crippen MR) is 83.0 cm³/mol. The zero-order valence-corrected chi connectivity index (χ0v) is 12.8. The van der Waals surface area contributed by atoms with Gasteiger partial charge in [-0.25, -0.2) is 4.79 Å². The summed E-state index contributed by atoms with van der Waals surface area (Å²) in [6.45, 7) is 3.93. The van der Waals surface area contributed by atoms with Crippen LogP contribution in [-0.4, -0.2) is 25.0 Å². The summed E-state index contributed by atoms with van der Waals surface area (Å²) < 4.78 is 4.66. The summed E-state index contributed by atoms with van der Waals surface area (Å²) in [6, 6.07) is 8.43. The highest BCUT2D eigenvalue weighted by Gasteiger charge is 2.15. The molecule has 0 saturated heterocycles. The van der Waals surface area contributed by atoms with Gasteiger partial charge in [-0.2, -0.15) is 5.26 Å². The minimum absolute atomic E-state index is 0.0695. The molecule has 1 aromatic rings. The van der Waals surface area contributed by atoms with Gasteiger partial charge in [-0.05, 0) is 25.5 Å². The number of anilines is 1. The van der Waals surface area contributed by atoms with Crippen molar-refractivity contribution < 1.29 is 14.3 Å². The van der Waals surface area contributed by atoms with Crippen LogP contribution >= 0.6 is 0 Å². The van der Waals surface area contributed by atoms with Crippen molar-refractivity contribution in [3.8, 4) is 6.07 Å². The second-order valence-corrected chi connectivity index (χ2v) is 4.64. The molecule has 0 saturated carbocycles.